The van der Waals surface area contributed by atoms with Gasteiger partial charge in [-0.15, -0.1) is 0 Å². The number of amides is 1. The van der Waals surface area contributed by atoms with E-state index in [-0.39, 0.29) is 17.7 Å². The number of para-hydroxylation sites is 1. The average Bonchev–Trinajstić information content (AvgIpc) is 2.82. The Hall–Kier alpha value is -0.980. The first-order valence-corrected chi connectivity index (χ1v) is 6.51. The smallest absolute Gasteiger partial charge is 0.253 e. The van der Waals surface area contributed by atoms with E-state index in [0.717, 1.165) is 6.42 Å². The van der Waals surface area contributed by atoms with Crippen LogP contribution in [0.5, 0.6) is 0 Å². The number of carbonyl (C=O) groups excluding carboxylic acids is 1. The maximum atomic E-state index is 13.5. The van der Waals surface area contributed by atoms with E-state index in [9.17, 15) is 9.18 Å². The van der Waals surface area contributed by atoms with Crippen molar-refractivity contribution in [3.05, 3.63) is 28.5 Å². The number of carbonyl (C=O) groups is 1. The van der Waals surface area contributed by atoms with E-state index in [1.807, 2.05) is 0 Å². The van der Waals surface area contributed by atoms with Gasteiger partial charge in [-0.1, -0.05) is 6.07 Å². The Labute approximate surface area is 113 Å². The fourth-order valence-corrected chi connectivity index (χ4v) is 2.33. The monoisotopic (exact) mass is 316 g/mol. The molecule has 98 valence electrons. The number of hydrogen-bond acceptors (Lipinski definition) is 3. The molecule has 1 aromatic rings. The van der Waals surface area contributed by atoms with Gasteiger partial charge in [0.2, 0.25) is 0 Å². The Morgan fingerprint density at radius 1 is 1.56 bits per heavy atom. The third kappa shape index (κ3) is 2.88. The number of nitrogens with one attached hydrogen (secondary N) is 1. The third-order valence-corrected chi connectivity index (χ3v) is 3.53. The molecule has 1 aliphatic heterocycles. The molecule has 0 spiro atoms. The van der Waals surface area contributed by atoms with Crippen LogP contribution in [0.2, 0.25) is 0 Å². The van der Waals surface area contributed by atoms with Crippen molar-refractivity contribution >= 4 is 27.5 Å². The SMILES string of the molecule is NCC1CCC(C(=O)Nc2c(F)cccc2Br)O1. The van der Waals surface area contributed by atoms with Crippen molar-refractivity contribution in [2.75, 3.05) is 11.9 Å². The van der Waals surface area contributed by atoms with Gasteiger partial charge in [-0.3, -0.25) is 4.79 Å². The minimum Gasteiger partial charge on any atom is -0.364 e. The molecule has 1 saturated heterocycles. The van der Waals surface area contributed by atoms with Crippen molar-refractivity contribution < 1.29 is 13.9 Å². The Bertz CT molecular complexity index is 435. The highest BCUT2D eigenvalue weighted by Crippen LogP contribution is 2.27. The first kappa shape index (κ1) is 13.5. The first-order chi connectivity index (χ1) is 8.61. The van der Waals surface area contributed by atoms with E-state index in [0.29, 0.717) is 17.4 Å². The molecule has 3 N–H and O–H groups in total. The number of anilines is 1. The first-order valence-electron chi connectivity index (χ1n) is 5.72. The molecular formula is C12H14BrFN2O2. The number of nitrogens with two attached hydrogens (primary N) is 1. The van der Waals surface area contributed by atoms with Gasteiger partial charge in [0.25, 0.3) is 5.91 Å². The summed E-state index contributed by atoms with van der Waals surface area (Å²) in [5, 5.41) is 2.54. The second kappa shape index (κ2) is 5.77. The van der Waals surface area contributed by atoms with Gasteiger partial charge in [0.05, 0.1) is 11.8 Å². The number of rotatable bonds is 3. The van der Waals surface area contributed by atoms with Crippen LogP contribution < -0.4 is 11.1 Å². The van der Waals surface area contributed by atoms with Crippen LogP contribution in [0.4, 0.5) is 10.1 Å². The summed E-state index contributed by atoms with van der Waals surface area (Å²) in [6.45, 7) is 0.396. The van der Waals surface area contributed by atoms with Crippen LogP contribution in [-0.2, 0) is 9.53 Å². The fourth-order valence-electron chi connectivity index (χ4n) is 1.89. The van der Waals surface area contributed by atoms with Crippen LogP contribution in [0.15, 0.2) is 22.7 Å². The van der Waals surface area contributed by atoms with E-state index >= 15 is 0 Å². The molecule has 1 amide bonds. The Morgan fingerprint density at radius 3 is 2.94 bits per heavy atom. The second-order valence-corrected chi connectivity index (χ2v) is 5.00. The maximum Gasteiger partial charge on any atom is 0.253 e. The van der Waals surface area contributed by atoms with E-state index in [4.69, 9.17) is 10.5 Å². The summed E-state index contributed by atoms with van der Waals surface area (Å²) in [5.41, 5.74) is 5.61. The van der Waals surface area contributed by atoms with Gasteiger partial charge in [-0.25, -0.2) is 4.39 Å². The van der Waals surface area contributed by atoms with Gasteiger partial charge in [-0.05, 0) is 40.9 Å². The van der Waals surface area contributed by atoms with Crippen LogP contribution in [0, 0.1) is 5.82 Å². The summed E-state index contributed by atoms with van der Waals surface area (Å²) in [4.78, 5) is 11.9. The van der Waals surface area contributed by atoms with Gasteiger partial charge in [0.1, 0.15) is 11.9 Å². The molecule has 2 atom stereocenters. The van der Waals surface area contributed by atoms with Crippen molar-refractivity contribution in [3.8, 4) is 0 Å². The zero-order valence-electron chi connectivity index (χ0n) is 9.66. The van der Waals surface area contributed by atoms with Crippen LogP contribution in [-0.4, -0.2) is 24.7 Å². The van der Waals surface area contributed by atoms with Crippen molar-refractivity contribution in [1.82, 2.24) is 0 Å². The normalized spacial score (nSPS) is 23.1. The molecule has 4 nitrogen and oxygen atoms in total. The van der Waals surface area contributed by atoms with E-state index in [1.165, 1.54) is 6.07 Å². The predicted octanol–water partition coefficient (Wildman–Crippen LogP) is 2.03. The van der Waals surface area contributed by atoms with Gasteiger partial charge >= 0.3 is 0 Å². The molecule has 0 radical (unpaired) electrons. The summed E-state index contributed by atoms with van der Waals surface area (Å²) in [6, 6.07) is 4.51. The maximum absolute atomic E-state index is 13.5. The van der Waals surface area contributed by atoms with E-state index in [1.54, 1.807) is 12.1 Å². The number of benzene rings is 1. The summed E-state index contributed by atoms with van der Waals surface area (Å²) >= 11 is 3.19. The number of ether oxygens (including phenoxy) is 1. The van der Waals surface area contributed by atoms with Crippen molar-refractivity contribution in [1.29, 1.82) is 0 Å². The summed E-state index contributed by atoms with van der Waals surface area (Å²) in [7, 11) is 0. The summed E-state index contributed by atoms with van der Waals surface area (Å²) in [6.07, 6.45) is 0.738. The Balaban J connectivity index is 2.04. The van der Waals surface area contributed by atoms with Crippen LogP contribution in [0.3, 0.4) is 0 Å². The van der Waals surface area contributed by atoms with Crippen molar-refractivity contribution in [3.63, 3.8) is 0 Å². The van der Waals surface area contributed by atoms with Crippen LogP contribution >= 0.6 is 15.9 Å². The van der Waals surface area contributed by atoms with Gasteiger partial charge in [-0.2, -0.15) is 0 Å². The van der Waals surface area contributed by atoms with Gasteiger partial charge in [0, 0.05) is 11.0 Å². The summed E-state index contributed by atoms with van der Waals surface area (Å²) < 4.78 is 19.5. The Morgan fingerprint density at radius 2 is 2.33 bits per heavy atom. The van der Waals surface area contributed by atoms with E-state index < -0.39 is 11.9 Å². The predicted molar refractivity (Wildman–Crippen MR) is 69.7 cm³/mol. The molecule has 1 aromatic carbocycles. The lowest BCUT2D eigenvalue weighted by Crippen LogP contribution is -2.30. The molecular weight excluding hydrogens is 303 g/mol. The highest BCUT2D eigenvalue weighted by Gasteiger charge is 2.30. The molecule has 18 heavy (non-hydrogen) atoms. The van der Waals surface area contributed by atoms with Gasteiger partial charge in [0.15, 0.2) is 0 Å². The topological polar surface area (TPSA) is 64.4 Å². The molecule has 6 heteroatoms. The zero-order chi connectivity index (χ0) is 13.1. The molecule has 2 unspecified atom stereocenters. The molecule has 2 rings (SSSR count). The van der Waals surface area contributed by atoms with E-state index in [2.05, 4.69) is 21.2 Å². The van der Waals surface area contributed by atoms with Crippen molar-refractivity contribution in [2.45, 2.75) is 25.0 Å². The molecule has 0 bridgehead atoms. The molecule has 1 heterocycles. The quantitative estimate of drug-likeness (QED) is 0.896. The lowest BCUT2D eigenvalue weighted by atomic mass is 10.2. The minimum absolute atomic E-state index is 0.0789. The number of halogens is 2. The molecule has 1 fully saturated rings. The van der Waals surface area contributed by atoms with Crippen molar-refractivity contribution in [2.24, 2.45) is 5.73 Å². The summed E-state index contributed by atoms with van der Waals surface area (Å²) in [5.74, 6) is -0.817. The van der Waals surface area contributed by atoms with Crippen LogP contribution in [0.25, 0.3) is 0 Å². The molecule has 0 aliphatic carbocycles. The Kier molecular flexibility index (Phi) is 4.31. The molecule has 0 saturated carbocycles. The van der Waals surface area contributed by atoms with Crippen LogP contribution in [0.1, 0.15) is 12.8 Å². The zero-order valence-corrected chi connectivity index (χ0v) is 11.2. The highest BCUT2D eigenvalue weighted by atomic mass is 79.9. The average molecular weight is 317 g/mol. The third-order valence-electron chi connectivity index (χ3n) is 2.87. The lowest BCUT2D eigenvalue weighted by molar-refractivity contribution is -0.126. The fraction of sp³-hybridized carbons (Fsp3) is 0.417. The minimum atomic E-state index is -0.551. The lowest BCUT2D eigenvalue weighted by Gasteiger charge is -2.14. The van der Waals surface area contributed by atoms with Gasteiger partial charge < -0.3 is 15.8 Å². The molecule has 1 aliphatic rings. The second-order valence-electron chi connectivity index (χ2n) is 4.15. The number of hydrogen-bond donors (Lipinski definition) is 2. The standard InChI is InChI=1S/C12H14BrFN2O2/c13-8-2-1-3-9(14)11(8)16-12(17)10-5-4-7(6-15)18-10/h1-3,7,10H,4-6,15H2,(H,16,17). The molecule has 0 aromatic heterocycles. The highest BCUT2D eigenvalue weighted by molar-refractivity contribution is 9.10. The largest absolute Gasteiger partial charge is 0.364 e.